The summed E-state index contributed by atoms with van der Waals surface area (Å²) >= 11 is 4.12. The van der Waals surface area contributed by atoms with Crippen LogP contribution in [0.1, 0.15) is 30.9 Å². The summed E-state index contributed by atoms with van der Waals surface area (Å²) in [6.45, 7) is 2.57. The number of benzene rings is 2. The second-order valence-electron chi connectivity index (χ2n) is 7.76. The molecule has 0 saturated carbocycles. The van der Waals surface area contributed by atoms with Gasteiger partial charge in [0, 0.05) is 24.7 Å². The number of aliphatic imine (C=N–C) groups is 1. The summed E-state index contributed by atoms with van der Waals surface area (Å²) in [5.74, 6) is -0.0547. The molecule has 0 unspecified atom stereocenters. The number of rotatable bonds is 7. The number of fused-ring (bicyclic) bond motifs is 1. The second kappa shape index (κ2) is 10.3. The van der Waals surface area contributed by atoms with Crippen molar-refractivity contribution in [3.05, 3.63) is 113 Å². The third-order valence-electron chi connectivity index (χ3n) is 5.64. The van der Waals surface area contributed by atoms with E-state index in [0.29, 0.717) is 25.1 Å². The molecule has 1 N–H and O–H groups in total. The Labute approximate surface area is 195 Å². The molecule has 4 nitrogen and oxygen atoms in total. The lowest BCUT2D eigenvalue weighted by Gasteiger charge is -2.34. The van der Waals surface area contributed by atoms with E-state index in [9.17, 15) is 4.79 Å². The highest BCUT2D eigenvalue weighted by Crippen LogP contribution is 2.29. The van der Waals surface area contributed by atoms with Crippen LogP contribution >= 0.6 is 12.6 Å². The van der Waals surface area contributed by atoms with Crippen LogP contribution in [0.25, 0.3) is 5.70 Å². The largest absolute Gasteiger partial charge is 0.355 e. The van der Waals surface area contributed by atoms with E-state index in [1.54, 1.807) is 10.3 Å². The number of hydrogen-bond donors (Lipinski definition) is 2. The van der Waals surface area contributed by atoms with Crippen molar-refractivity contribution < 1.29 is 4.79 Å². The molecule has 0 aliphatic carbocycles. The molecule has 0 atom stereocenters. The average Bonchev–Trinajstić information content (AvgIpc) is 2.84. The van der Waals surface area contributed by atoms with Crippen molar-refractivity contribution in [2.24, 2.45) is 4.99 Å². The van der Waals surface area contributed by atoms with Crippen LogP contribution in [0.3, 0.4) is 0 Å². The highest BCUT2D eigenvalue weighted by Gasteiger charge is 2.31. The molecule has 0 spiro atoms. The molecule has 0 bridgehead atoms. The first-order valence-corrected chi connectivity index (χ1v) is 11.4. The molecule has 2 aromatic carbocycles. The van der Waals surface area contributed by atoms with Gasteiger partial charge in [-0.25, -0.2) is 0 Å². The zero-order chi connectivity index (χ0) is 22.3. The van der Waals surface area contributed by atoms with E-state index in [1.807, 2.05) is 54.8 Å². The number of carbonyl (C=O) groups excluding carboxylic acids is 1. The molecular formula is C27H27N3OS. The lowest BCUT2D eigenvalue weighted by Crippen LogP contribution is -2.42. The van der Waals surface area contributed by atoms with E-state index in [1.165, 1.54) is 5.56 Å². The normalized spacial score (nSPS) is 16.6. The predicted molar refractivity (Wildman–Crippen MR) is 135 cm³/mol. The fourth-order valence-corrected chi connectivity index (χ4v) is 3.97. The first-order valence-electron chi connectivity index (χ1n) is 10.9. The number of nitrogens with zero attached hydrogens (tertiary/aromatic N) is 2. The zero-order valence-corrected chi connectivity index (χ0v) is 19.1. The van der Waals surface area contributed by atoms with E-state index in [4.69, 9.17) is 4.99 Å². The number of nitrogens with one attached hydrogen (secondary N) is 1. The van der Waals surface area contributed by atoms with Crippen LogP contribution in [0, 0.1) is 0 Å². The lowest BCUT2D eigenvalue weighted by molar-refractivity contribution is -0.120. The van der Waals surface area contributed by atoms with Gasteiger partial charge < -0.3 is 5.32 Å². The maximum atomic E-state index is 13.5. The summed E-state index contributed by atoms with van der Waals surface area (Å²) in [6, 6.07) is 20.4. The molecule has 4 rings (SSSR count). The molecule has 5 heteroatoms. The van der Waals surface area contributed by atoms with Crippen molar-refractivity contribution in [2.75, 3.05) is 6.54 Å². The van der Waals surface area contributed by atoms with Gasteiger partial charge in [0.1, 0.15) is 5.71 Å². The van der Waals surface area contributed by atoms with Gasteiger partial charge in [-0.3, -0.25) is 14.7 Å². The fourth-order valence-electron chi connectivity index (χ4n) is 3.89. The SMILES string of the molecule is CC/C(=C\C=C/S)CC1=NCC2=C(Cc3ccccc3)NC(c3ccccc3)=CN2C1=O. The summed E-state index contributed by atoms with van der Waals surface area (Å²) in [4.78, 5) is 20.0. The van der Waals surface area contributed by atoms with Gasteiger partial charge in [-0.2, -0.15) is 12.6 Å². The van der Waals surface area contributed by atoms with Gasteiger partial charge in [0.25, 0.3) is 5.91 Å². The van der Waals surface area contributed by atoms with Crippen LogP contribution < -0.4 is 5.32 Å². The van der Waals surface area contributed by atoms with Crippen LogP contribution in [0.15, 0.2) is 106 Å². The first-order chi connectivity index (χ1) is 15.7. The Morgan fingerprint density at radius 3 is 2.53 bits per heavy atom. The van der Waals surface area contributed by atoms with E-state index >= 15 is 0 Å². The Morgan fingerprint density at radius 2 is 1.84 bits per heavy atom. The van der Waals surface area contributed by atoms with E-state index < -0.39 is 0 Å². The third-order valence-corrected chi connectivity index (χ3v) is 5.82. The smallest absolute Gasteiger partial charge is 0.276 e. The molecule has 0 saturated heterocycles. The molecule has 2 aliphatic rings. The number of carbonyl (C=O) groups is 1. The van der Waals surface area contributed by atoms with E-state index in [-0.39, 0.29) is 5.91 Å². The highest BCUT2D eigenvalue weighted by molar-refractivity contribution is 7.83. The lowest BCUT2D eigenvalue weighted by atomic mass is 10.00. The van der Waals surface area contributed by atoms with E-state index in [2.05, 4.69) is 49.1 Å². The van der Waals surface area contributed by atoms with Crippen molar-refractivity contribution in [1.29, 1.82) is 0 Å². The average molecular weight is 442 g/mol. The van der Waals surface area contributed by atoms with Crippen LogP contribution in [-0.4, -0.2) is 23.1 Å². The van der Waals surface area contributed by atoms with Gasteiger partial charge in [-0.15, -0.1) is 0 Å². The Morgan fingerprint density at radius 1 is 1.12 bits per heavy atom. The van der Waals surface area contributed by atoms with Crippen LogP contribution in [0.4, 0.5) is 0 Å². The molecule has 32 heavy (non-hydrogen) atoms. The van der Waals surface area contributed by atoms with Gasteiger partial charge in [0.05, 0.1) is 17.9 Å². The molecular weight excluding hydrogens is 414 g/mol. The maximum Gasteiger partial charge on any atom is 0.276 e. The number of hydrogen-bond acceptors (Lipinski definition) is 4. The van der Waals surface area contributed by atoms with Crippen molar-refractivity contribution >= 4 is 29.9 Å². The minimum absolute atomic E-state index is 0.0547. The summed E-state index contributed by atoms with van der Waals surface area (Å²) in [5.41, 5.74) is 6.83. The Balaban J connectivity index is 1.70. The van der Waals surface area contributed by atoms with Crippen molar-refractivity contribution in [1.82, 2.24) is 10.2 Å². The van der Waals surface area contributed by atoms with Gasteiger partial charge in [0.2, 0.25) is 0 Å². The van der Waals surface area contributed by atoms with Crippen molar-refractivity contribution in [3.8, 4) is 0 Å². The second-order valence-corrected chi connectivity index (χ2v) is 8.05. The minimum Gasteiger partial charge on any atom is -0.355 e. The Bertz CT molecular complexity index is 1130. The Kier molecular flexibility index (Phi) is 7.07. The monoisotopic (exact) mass is 441 g/mol. The topological polar surface area (TPSA) is 44.7 Å². The van der Waals surface area contributed by atoms with E-state index in [0.717, 1.165) is 34.6 Å². The third kappa shape index (κ3) is 4.94. The molecule has 1 amide bonds. The molecule has 2 aliphatic heterocycles. The predicted octanol–water partition coefficient (Wildman–Crippen LogP) is 5.50. The van der Waals surface area contributed by atoms with Gasteiger partial charge in [-0.05, 0) is 23.0 Å². The molecule has 2 aromatic rings. The van der Waals surface area contributed by atoms with Crippen LogP contribution in [-0.2, 0) is 11.2 Å². The van der Waals surface area contributed by atoms with Crippen LogP contribution in [0.2, 0.25) is 0 Å². The summed E-state index contributed by atoms with van der Waals surface area (Å²) < 4.78 is 0. The quantitative estimate of drug-likeness (QED) is 0.440. The molecule has 0 aromatic heterocycles. The Hall–Kier alpha value is -3.31. The zero-order valence-electron chi connectivity index (χ0n) is 18.2. The van der Waals surface area contributed by atoms with Gasteiger partial charge in [0.15, 0.2) is 0 Å². The molecule has 0 fully saturated rings. The maximum absolute atomic E-state index is 13.5. The van der Waals surface area contributed by atoms with Crippen molar-refractivity contribution in [2.45, 2.75) is 26.2 Å². The standard InChI is InChI=1S/C27H27N3OS/c1-2-20(12-9-15-32)16-24-27(31)30-19-25(22-13-7-4-8-14-22)29-23(26(30)18-28-24)17-21-10-5-3-6-11-21/h3-15,19,29,32H,2,16-18H2,1H3/b15-9-,20-12+. The molecule has 162 valence electrons. The molecule has 2 heterocycles. The number of thiol groups is 1. The fraction of sp³-hybridized carbons (Fsp3) is 0.185. The summed E-state index contributed by atoms with van der Waals surface area (Å²) in [5, 5.41) is 5.28. The van der Waals surface area contributed by atoms with Crippen LogP contribution in [0.5, 0.6) is 0 Å². The molecule has 0 radical (unpaired) electrons. The number of allylic oxidation sites excluding steroid dienone is 4. The van der Waals surface area contributed by atoms with Gasteiger partial charge in [-0.1, -0.05) is 85.3 Å². The van der Waals surface area contributed by atoms with Crippen molar-refractivity contribution in [3.63, 3.8) is 0 Å². The van der Waals surface area contributed by atoms with Gasteiger partial charge >= 0.3 is 0 Å². The number of amides is 1. The first kappa shape index (κ1) is 21.9. The summed E-state index contributed by atoms with van der Waals surface area (Å²) in [6.07, 6.45) is 7.93. The minimum atomic E-state index is -0.0547. The highest BCUT2D eigenvalue weighted by atomic mass is 32.1. The summed E-state index contributed by atoms with van der Waals surface area (Å²) in [7, 11) is 0.